The molecule has 0 aliphatic heterocycles. The average Bonchev–Trinajstić information content (AvgIpc) is 2.07. The van der Waals surface area contributed by atoms with Gasteiger partial charge in [-0.05, 0) is 33.6 Å². The van der Waals surface area contributed by atoms with Gasteiger partial charge >= 0.3 is 6.18 Å². The molecule has 0 fully saturated rings. The van der Waals surface area contributed by atoms with Gasteiger partial charge in [0, 0.05) is 10.2 Å². The highest BCUT2D eigenvalue weighted by Crippen LogP contribution is 2.32. The number of rotatable bonds is 1. The van der Waals surface area contributed by atoms with Gasteiger partial charge in [0.25, 0.3) is 0 Å². The van der Waals surface area contributed by atoms with Crippen molar-refractivity contribution in [3.8, 4) is 0 Å². The van der Waals surface area contributed by atoms with Gasteiger partial charge in [0.05, 0.1) is 0 Å². The Balaban J connectivity index is 3.03. The first-order valence-corrected chi connectivity index (χ1v) is 4.49. The van der Waals surface area contributed by atoms with Crippen molar-refractivity contribution in [2.24, 2.45) is 5.73 Å². The standard InChI is InChI=1S/C8H8BrF3N2/c9-5-3-4(1-2-6(5)13)7(14)8(10,11)12/h1-3,7H,13-14H2. The van der Waals surface area contributed by atoms with E-state index in [1.165, 1.54) is 18.2 Å². The van der Waals surface area contributed by atoms with E-state index in [-0.39, 0.29) is 5.56 Å². The normalized spacial score (nSPS) is 14.1. The molecule has 0 bridgehead atoms. The molecule has 0 radical (unpaired) electrons. The average molecular weight is 269 g/mol. The molecular formula is C8H8BrF3N2. The van der Waals surface area contributed by atoms with Crippen LogP contribution in [0, 0.1) is 0 Å². The topological polar surface area (TPSA) is 52.0 Å². The Morgan fingerprint density at radius 2 is 1.86 bits per heavy atom. The molecule has 6 heteroatoms. The molecule has 1 rings (SSSR count). The SMILES string of the molecule is Nc1ccc(C(N)C(F)(F)F)cc1Br. The lowest BCUT2D eigenvalue weighted by molar-refractivity contribution is -0.149. The predicted octanol–water partition coefficient (Wildman–Crippen LogP) is 2.59. The van der Waals surface area contributed by atoms with Crippen molar-refractivity contribution in [3.05, 3.63) is 28.2 Å². The Labute approximate surface area is 87.2 Å². The summed E-state index contributed by atoms with van der Waals surface area (Å²) in [5, 5.41) is 0. The first-order chi connectivity index (χ1) is 6.32. The minimum Gasteiger partial charge on any atom is -0.398 e. The smallest absolute Gasteiger partial charge is 0.398 e. The molecule has 4 N–H and O–H groups in total. The summed E-state index contributed by atoms with van der Waals surface area (Å²) in [5.74, 6) is 0. The van der Waals surface area contributed by atoms with Crippen LogP contribution in [0.4, 0.5) is 18.9 Å². The molecule has 0 saturated carbocycles. The number of benzene rings is 1. The third kappa shape index (κ3) is 2.39. The second kappa shape index (κ2) is 3.78. The first-order valence-electron chi connectivity index (χ1n) is 3.69. The zero-order valence-corrected chi connectivity index (χ0v) is 8.56. The molecular weight excluding hydrogens is 261 g/mol. The lowest BCUT2D eigenvalue weighted by Crippen LogP contribution is -2.28. The number of hydrogen-bond acceptors (Lipinski definition) is 2. The van der Waals surface area contributed by atoms with E-state index in [1.54, 1.807) is 0 Å². The zero-order valence-electron chi connectivity index (χ0n) is 6.98. The second-order valence-corrected chi connectivity index (χ2v) is 3.65. The van der Waals surface area contributed by atoms with E-state index in [9.17, 15) is 13.2 Å². The Morgan fingerprint density at radius 1 is 1.29 bits per heavy atom. The van der Waals surface area contributed by atoms with Crippen molar-refractivity contribution in [2.45, 2.75) is 12.2 Å². The van der Waals surface area contributed by atoms with Gasteiger partial charge < -0.3 is 11.5 Å². The van der Waals surface area contributed by atoms with E-state index in [0.717, 1.165) is 0 Å². The van der Waals surface area contributed by atoms with Crippen LogP contribution in [0.5, 0.6) is 0 Å². The highest BCUT2D eigenvalue weighted by Gasteiger charge is 2.37. The summed E-state index contributed by atoms with van der Waals surface area (Å²) in [6, 6.07) is 1.94. The Morgan fingerprint density at radius 3 is 2.29 bits per heavy atom. The molecule has 1 aromatic carbocycles. The minimum absolute atomic E-state index is 0.0152. The van der Waals surface area contributed by atoms with E-state index in [1.807, 2.05) is 0 Å². The van der Waals surface area contributed by atoms with Gasteiger partial charge in [0.2, 0.25) is 0 Å². The maximum absolute atomic E-state index is 12.2. The summed E-state index contributed by atoms with van der Waals surface area (Å²) in [4.78, 5) is 0. The summed E-state index contributed by atoms with van der Waals surface area (Å²) >= 11 is 3.03. The quantitative estimate of drug-likeness (QED) is 0.770. The number of hydrogen-bond donors (Lipinski definition) is 2. The van der Waals surface area contributed by atoms with E-state index < -0.39 is 12.2 Å². The highest BCUT2D eigenvalue weighted by molar-refractivity contribution is 9.10. The fourth-order valence-corrected chi connectivity index (χ4v) is 1.32. The lowest BCUT2D eigenvalue weighted by atomic mass is 10.1. The molecule has 1 atom stereocenters. The van der Waals surface area contributed by atoms with Crippen LogP contribution in [0.3, 0.4) is 0 Å². The van der Waals surface area contributed by atoms with Crippen molar-refractivity contribution in [1.29, 1.82) is 0 Å². The van der Waals surface area contributed by atoms with Gasteiger partial charge in [0.1, 0.15) is 6.04 Å². The Hall–Kier alpha value is -0.750. The highest BCUT2D eigenvalue weighted by atomic mass is 79.9. The molecule has 0 spiro atoms. The maximum Gasteiger partial charge on any atom is 0.407 e. The van der Waals surface area contributed by atoms with Gasteiger partial charge in [-0.3, -0.25) is 0 Å². The zero-order chi connectivity index (χ0) is 10.9. The molecule has 0 saturated heterocycles. The third-order valence-corrected chi connectivity index (χ3v) is 2.42. The third-order valence-electron chi connectivity index (χ3n) is 1.74. The Bertz CT molecular complexity index is 338. The summed E-state index contributed by atoms with van der Waals surface area (Å²) in [6.45, 7) is 0. The summed E-state index contributed by atoms with van der Waals surface area (Å²) in [7, 11) is 0. The van der Waals surface area contributed by atoms with Crippen molar-refractivity contribution in [1.82, 2.24) is 0 Å². The molecule has 14 heavy (non-hydrogen) atoms. The van der Waals surface area contributed by atoms with Crippen LogP contribution in [0.1, 0.15) is 11.6 Å². The van der Waals surface area contributed by atoms with Gasteiger partial charge in [-0.1, -0.05) is 6.07 Å². The van der Waals surface area contributed by atoms with Gasteiger partial charge in [-0.2, -0.15) is 13.2 Å². The predicted molar refractivity (Wildman–Crippen MR) is 51.5 cm³/mol. The van der Waals surface area contributed by atoms with E-state index >= 15 is 0 Å². The summed E-state index contributed by atoms with van der Waals surface area (Å²) < 4.78 is 37.0. The molecule has 0 aliphatic rings. The molecule has 2 nitrogen and oxygen atoms in total. The van der Waals surface area contributed by atoms with Crippen LogP contribution < -0.4 is 11.5 Å². The number of nitrogens with two attached hydrogens (primary N) is 2. The molecule has 0 heterocycles. The van der Waals surface area contributed by atoms with Crippen molar-refractivity contribution >= 4 is 21.6 Å². The molecule has 78 valence electrons. The first kappa shape index (κ1) is 11.3. The fourth-order valence-electron chi connectivity index (χ4n) is 0.926. The lowest BCUT2D eigenvalue weighted by Gasteiger charge is -2.16. The molecule has 1 unspecified atom stereocenters. The van der Waals surface area contributed by atoms with Crippen LogP contribution in [0.15, 0.2) is 22.7 Å². The van der Waals surface area contributed by atoms with E-state index in [0.29, 0.717) is 10.2 Å². The number of halogens is 4. The van der Waals surface area contributed by atoms with Crippen LogP contribution in [-0.4, -0.2) is 6.18 Å². The van der Waals surface area contributed by atoms with Crippen LogP contribution >= 0.6 is 15.9 Å². The monoisotopic (exact) mass is 268 g/mol. The largest absolute Gasteiger partial charge is 0.407 e. The number of anilines is 1. The van der Waals surface area contributed by atoms with Crippen LogP contribution in [-0.2, 0) is 0 Å². The van der Waals surface area contributed by atoms with Crippen molar-refractivity contribution in [3.63, 3.8) is 0 Å². The van der Waals surface area contributed by atoms with Gasteiger partial charge in [0.15, 0.2) is 0 Å². The molecule has 1 aromatic rings. The van der Waals surface area contributed by atoms with Gasteiger partial charge in [-0.25, -0.2) is 0 Å². The summed E-state index contributed by atoms with van der Waals surface area (Å²) in [6.07, 6.45) is -4.43. The molecule has 0 aromatic heterocycles. The van der Waals surface area contributed by atoms with Crippen molar-refractivity contribution < 1.29 is 13.2 Å². The molecule has 0 amide bonds. The van der Waals surface area contributed by atoms with Crippen LogP contribution in [0.25, 0.3) is 0 Å². The van der Waals surface area contributed by atoms with Crippen LogP contribution in [0.2, 0.25) is 0 Å². The maximum atomic E-state index is 12.2. The van der Waals surface area contributed by atoms with E-state index in [4.69, 9.17) is 11.5 Å². The Kier molecular flexibility index (Phi) is 3.06. The van der Waals surface area contributed by atoms with Gasteiger partial charge in [-0.15, -0.1) is 0 Å². The fraction of sp³-hybridized carbons (Fsp3) is 0.250. The molecule has 0 aliphatic carbocycles. The van der Waals surface area contributed by atoms with Crippen molar-refractivity contribution in [2.75, 3.05) is 5.73 Å². The number of nitrogen functional groups attached to an aromatic ring is 1. The van der Waals surface area contributed by atoms with E-state index in [2.05, 4.69) is 15.9 Å². The summed E-state index contributed by atoms with van der Waals surface area (Å²) in [5.41, 5.74) is 10.8. The number of alkyl halides is 3. The minimum atomic E-state index is -4.43. The second-order valence-electron chi connectivity index (χ2n) is 2.80.